The molecule has 1 aromatic rings. The van der Waals surface area contributed by atoms with Gasteiger partial charge in [-0.3, -0.25) is 8.98 Å². The molecule has 1 rings (SSSR count). The van der Waals surface area contributed by atoms with Crippen LogP contribution in [0.25, 0.3) is 0 Å². The summed E-state index contributed by atoms with van der Waals surface area (Å²) in [7, 11) is 1.32. The molecular formula is C12H19NO3S. The molecule has 96 valence electrons. The average molecular weight is 257 g/mol. The van der Waals surface area contributed by atoms with E-state index in [1.54, 1.807) is 0 Å². The summed E-state index contributed by atoms with van der Waals surface area (Å²) >= 11 is -1.38. The summed E-state index contributed by atoms with van der Waals surface area (Å²) in [6.45, 7) is 5.59. The highest BCUT2D eigenvalue weighted by atomic mass is 32.2. The summed E-state index contributed by atoms with van der Waals surface area (Å²) in [6.07, 6.45) is 0. The molecule has 0 heterocycles. The van der Waals surface area contributed by atoms with Crippen LogP contribution in [0.15, 0.2) is 24.3 Å². The van der Waals surface area contributed by atoms with Crippen LogP contribution in [0.3, 0.4) is 0 Å². The maximum Gasteiger partial charge on any atom is 0.217 e. The number of aryl methyl sites for hydroxylation is 2. The van der Waals surface area contributed by atoms with Gasteiger partial charge in [-0.2, -0.15) is 0 Å². The number of carbonyl (C=O) groups is 1. The van der Waals surface area contributed by atoms with Gasteiger partial charge in [-0.25, -0.2) is 4.21 Å². The van der Waals surface area contributed by atoms with Crippen LogP contribution in [0.2, 0.25) is 0 Å². The first-order valence-corrected chi connectivity index (χ1v) is 6.41. The van der Waals surface area contributed by atoms with Crippen LogP contribution in [0.4, 0.5) is 0 Å². The molecule has 1 atom stereocenters. The van der Waals surface area contributed by atoms with Gasteiger partial charge in [0, 0.05) is 6.92 Å². The first-order valence-electron chi connectivity index (χ1n) is 5.17. The van der Waals surface area contributed by atoms with E-state index in [1.807, 2.05) is 0 Å². The minimum Gasteiger partial charge on any atom is -0.342 e. The summed E-state index contributed by atoms with van der Waals surface area (Å²) in [5, 5.41) is 2.33. The highest BCUT2D eigenvalue weighted by Crippen LogP contribution is 2.02. The van der Waals surface area contributed by atoms with E-state index in [0.29, 0.717) is 0 Å². The molecule has 0 saturated carbocycles. The Morgan fingerprint density at radius 2 is 1.76 bits per heavy atom. The van der Waals surface area contributed by atoms with Gasteiger partial charge in [0.25, 0.3) is 0 Å². The quantitative estimate of drug-likeness (QED) is 0.896. The van der Waals surface area contributed by atoms with E-state index in [1.165, 1.54) is 25.2 Å². The van der Waals surface area contributed by atoms with Crippen molar-refractivity contribution in [3.63, 3.8) is 0 Å². The van der Waals surface area contributed by atoms with Gasteiger partial charge in [0.1, 0.15) is 5.88 Å². The van der Waals surface area contributed by atoms with Crippen molar-refractivity contribution in [3.8, 4) is 0 Å². The summed E-state index contributed by atoms with van der Waals surface area (Å²) in [4.78, 5) is 10.2. The van der Waals surface area contributed by atoms with E-state index in [2.05, 4.69) is 47.6 Å². The molecule has 1 N–H and O–H groups in total. The van der Waals surface area contributed by atoms with Crippen LogP contribution in [-0.2, 0) is 20.1 Å². The summed E-state index contributed by atoms with van der Waals surface area (Å²) in [5.74, 6) is -0.147. The number of nitrogens with one attached hydrogen (secondary N) is 1. The van der Waals surface area contributed by atoms with Gasteiger partial charge in [-0.1, -0.05) is 24.3 Å². The molecule has 17 heavy (non-hydrogen) atoms. The highest BCUT2D eigenvalue weighted by Gasteiger charge is 1.95. The molecule has 0 spiro atoms. The maximum absolute atomic E-state index is 10.4. The Kier molecular flexibility index (Phi) is 8.27. The van der Waals surface area contributed by atoms with Crippen LogP contribution < -0.4 is 5.32 Å². The second kappa shape index (κ2) is 8.90. The fraction of sp³-hybridized carbons (Fsp3) is 0.417. The molecule has 0 saturated heterocycles. The molecule has 0 radical (unpaired) electrons. The Morgan fingerprint density at radius 1 is 1.29 bits per heavy atom. The number of hydrogen-bond acceptors (Lipinski definition) is 3. The molecule has 1 aromatic carbocycles. The summed E-state index contributed by atoms with van der Waals surface area (Å²) in [5.41, 5.74) is 2.74. The fourth-order valence-corrected chi connectivity index (χ4v) is 1.32. The van der Waals surface area contributed by atoms with Crippen molar-refractivity contribution in [2.75, 3.05) is 13.0 Å². The zero-order chi connectivity index (χ0) is 13.3. The molecular weight excluding hydrogens is 238 g/mol. The third-order valence-corrected chi connectivity index (χ3v) is 2.80. The van der Waals surface area contributed by atoms with Crippen LogP contribution in [-0.4, -0.2) is 23.1 Å². The SMILES string of the molecule is COS(=O)CNC(C)=O.Cc1ccccc1C. The van der Waals surface area contributed by atoms with Crippen LogP contribution >= 0.6 is 0 Å². The van der Waals surface area contributed by atoms with Gasteiger partial charge in [0.2, 0.25) is 5.91 Å². The van der Waals surface area contributed by atoms with Crippen LogP contribution in [0.1, 0.15) is 18.1 Å². The third-order valence-electron chi connectivity index (χ3n) is 2.05. The van der Waals surface area contributed by atoms with Gasteiger partial charge in [-0.15, -0.1) is 0 Å². The molecule has 1 unspecified atom stereocenters. The lowest BCUT2D eigenvalue weighted by molar-refractivity contribution is -0.118. The standard InChI is InChI=1S/C8H10.C4H9NO3S/c1-7-5-3-4-6-8(7)2;1-4(6)5-3-9(7)8-2/h3-6H,1-2H3;3H2,1-2H3,(H,5,6). The number of carbonyl (C=O) groups excluding carboxylic acids is 1. The highest BCUT2D eigenvalue weighted by molar-refractivity contribution is 7.80. The van der Waals surface area contributed by atoms with Crippen molar-refractivity contribution >= 4 is 17.0 Å². The van der Waals surface area contributed by atoms with E-state index in [9.17, 15) is 9.00 Å². The molecule has 0 aromatic heterocycles. The lowest BCUT2D eigenvalue weighted by Crippen LogP contribution is -2.24. The summed E-state index contributed by atoms with van der Waals surface area (Å²) in [6, 6.07) is 8.36. The smallest absolute Gasteiger partial charge is 0.217 e. The number of benzene rings is 1. The van der Waals surface area contributed by atoms with E-state index >= 15 is 0 Å². The van der Waals surface area contributed by atoms with Gasteiger partial charge < -0.3 is 5.32 Å². The predicted octanol–water partition coefficient (Wildman–Crippen LogP) is 1.69. The van der Waals surface area contributed by atoms with Crippen molar-refractivity contribution in [2.24, 2.45) is 0 Å². The van der Waals surface area contributed by atoms with Gasteiger partial charge in [-0.05, 0) is 25.0 Å². The number of hydrogen-bond donors (Lipinski definition) is 1. The van der Waals surface area contributed by atoms with Crippen molar-refractivity contribution in [3.05, 3.63) is 35.4 Å². The first-order chi connectivity index (χ1) is 7.97. The molecule has 0 bridgehead atoms. The van der Waals surface area contributed by atoms with E-state index in [-0.39, 0.29) is 11.8 Å². The average Bonchev–Trinajstić information content (AvgIpc) is 2.30. The Bertz CT molecular complexity index is 359. The van der Waals surface area contributed by atoms with E-state index in [4.69, 9.17) is 0 Å². The number of amides is 1. The van der Waals surface area contributed by atoms with Crippen molar-refractivity contribution in [1.82, 2.24) is 5.32 Å². The van der Waals surface area contributed by atoms with Crippen LogP contribution in [0.5, 0.6) is 0 Å². The Balaban J connectivity index is 0.000000302. The van der Waals surface area contributed by atoms with Gasteiger partial charge in [0.05, 0.1) is 7.11 Å². The zero-order valence-corrected chi connectivity index (χ0v) is 11.5. The van der Waals surface area contributed by atoms with Crippen LogP contribution in [0, 0.1) is 13.8 Å². The lowest BCUT2D eigenvalue weighted by atomic mass is 10.1. The normalized spacial score (nSPS) is 11.1. The molecule has 0 aliphatic rings. The van der Waals surface area contributed by atoms with Crippen molar-refractivity contribution < 1.29 is 13.2 Å². The second-order valence-electron chi connectivity index (χ2n) is 3.43. The van der Waals surface area contributed by atoms with Crippen molar-refractivity contribution in [2.45, 2.75) is 20.8 Å². The minimum absolute atomic E-state index is 0.0613. The Labute approximate surface area is 105 Å². The maximum atomic E-state index is 10.4. The molecule has 0 aliphatic heterocycles. The zero-order valence-electron chi connectivity index (χ0n) is 10.6. The van der Waals surface area contributed by atoms with Gasteiger partial charge in [0.15, 0.2) is 11.1 Å². The molecule has 5 heteroatoms. The minimum atomic E-state index is -1.38. The van der Waals surface area contributed by atoms with E-state index in [0.717, 1.165) is 0 Å². The number of rotatable bonds is 3. The Morgan fingerprint density at radius 3 is 2.06 bits per heavy atom. The van der Waals surface area contributed by atoms with Gasteiger partial charge >= 0.3 is 0 Å². The molecule has 4 nitrogen and oxygen atoms in total. The largest absolute Gasteiger partial charge is 0.342 e. The predicted molar refractivity (Wildman–Crippen MR) is 69.8 cm³/mol. The first kappa shape index (κ1) is 15.8. The Hall–Kier alpha value is -1.20. The van der Waals surface area contributed by atoms with E-state index < -0.39 is 11.1 Å². The second-order valence-corrected chi connectivity index (χ2v) is 4.66. The molecule has 0 fully saturated rings. The monoisotopic (exact) mass is 257 g/mol. The molecule has 1 amide bonds. The summed E-state index contributed by atoms with van der Waals surface area (Å²) < 4.78 is 14.7. The lowest BCUT2D eigenvalue weighted by Gasteiger charge is -1.97. The third kappa shape index (κ3) is 8.59. The molecule has 0 aliphatic carbocycles. The topological polar surface area (TPSA) is 55.4 Å². The fourth-order valence-electron chi connectivity index (χ4n) is 0.882. The van der Waals surface area contributed by atoms with Crippen molar-refractivity contribution in [1.29, 1.82) is 0 Å².